The van der Waals surface area contributed by atoms with E-state index in [2.05, 4.69) is 17.2 Å². The van der Waals surface area contributed by atoms with Gasteiger partial charge in [0.1, 0.15) is 5.65 Å². The second-order valence-electron chi connectivity index (χ2n) is 8.81. The maximum absolute atomic E-state index is 13.3. The van der Waals surface area contributed by atoms with Crippen molar-refractivity contribution in [2.45, 2.75) is 57.7 Å². The van der Waals surface area contributed by atoms with E-state index in [0.29, 0.717) is 49.0 Å². The van der Waals surface area contributed by atoms with Crippen molar-refractivity contribution < 1.29 is 13.2 Å². The van der Waals surface area contributed by atoms with Crippen LogP contribution in [-0.4, -0.2) is 59.8 Å². The maximum Gasteiger partial charge on any atom is 0.258 e. The van der Waals surface area contributed by atoms with Crippen LogP contribution in [0, 0.1) is 5.92 Å². The van der Waals surface area contributed by atoms with Crippen molar-refractivity contribution >= 4 is 27.0 Å². The van der Waals surface area contributed by atoms with Gasteiger partial charge in [0, 0.05) is 49.4 Å². The predicted molar refractivity (Wildman–Crippen MR) is 120 cm³/mol. The highest BCUT2D eigenvalue weighted by atomic mass is 32.2. The molecular weight excluding hydrogens is 418 g/mol. The van der Waals surface area contributed by atoms with Crippen LogP contribution >= 0.6 is 0 Å². The Morgan fingerprint density at radius 1 is 1.23 bits per heavy atom. The van der Waals surface area contributed by atoms with E-state index in [1.54, 1.807) is 13.3 Å². The number of hydrogen-bond donors (Lipinski definition) is 1. The fraction of sp³-hybridized carbons (Fsp3) is 0.667. The molecule has 0 bridgehead atoms. The Bertz CT molecular complexity index is 1110. The van der Waals surface area contributed by atoms with Gasteiger partial charge in [-0.25, -0.2) is 17.7 Å². The van der Waals surface area contributed by atoms with Crippen molar-refractivity contribution in [3.05, 3.63) is 28.2 Å². The van der Waals surface area contributed by atoms with Gasteiger partial charge >= 0.3 is 0 Å². The van der Waals surface area contributed by atoms with Crippen LogP contribution in [0.1, 0.15) is 50.6 Å². The average Bonchev–Trinajstić information content (AvgIpc) is 3.14. The van der Waals surface area contributed by atoms with Gasteiger partial charge in [0.25, 0.3) is 5.56 Å². The molecule has 4 rings (SSSR count). The third kappa shape index (κ3) is 4.61. The Morgan fingerprint density at radius 3 is 2.58 bits per heavy atom. The minimum atomic E-state index is -3.16. The number of ether oxygens (including phenoxy) is 1. The number of nitrogens with one attached hydrogen (secondary N) is 1. The van der Waals surface area contributed by atoms with Crippen molar-refractivity contribution in [3.63, 3.8) is 0 Å². The first-order valence-corrected chi connectivity index (χ1v) is 12.7. The van der Waals surface area contributed by atoms with Crippen LogP contribution in [0.4, 0.5) is 5.95 Å². The number of methoxy groups -OCH3 is 1. The van der Waals surface area contributed by atoms with Crippen LogP contribution in [0.15, 0.2) is 17.1 Å². The van der Waals surface area contributed by atoms with Crippen LogP contribution in [0.5, 0.6) is 0 Å². The van der Waals surface area contributed by atoms with Gasteiger partial charge in [-0.05, 0) is 37.7 Å². The monoisotopic (exact) mass is 449 g/mol. The van der Waals surface area contributed by atoms with E-state index in [-0.39, 0.29) is 24.2 Å². The molecule has 0 amide bonds. The number of fused-ring (bicyclic) bond motifs is 1. The van der Waals surface area contributed by atoms with Gasteiger partial charge in [-0.1, -0.05) is 13.3 Å². The van der Waals surface area contributed by atoms with E-state index in [0.717, 1.165) is 24.6 Å². The molecule has 2 aromatic heterocycles. The predicted octanol–water partition coefficient (Wildman–Crippen LogP) is 2.13. The lowest BCUT2D eigenvalue weighted by molar-refractivity contribution is 0.183. The largest absolute Gasteiger partial charge is 0.380 e. The lowest BCUT2D eigenvalue weighted by atomic mass is 10.1. The van der Waals surface area contributed by atoms with Gasteiger partial charge in [0.15, 0.2) is 0 Å². The van der Waals surface area contributed by atoms with E-state index < -0.39 is 10.0 Å². The average molecular weight is 450 g/mol. The summed E-state index contributed by atoms with van der Waals surface area (Å²) in [6, 6.07) is 2.03. The van der Waals surface area contributed by atoms with Gasteiger partial charge < -0.3 is 10.1 Å². The zero-order chi connectivity index (χ0) is 22.2. The molecule has 0 unspecified atom stereocenters. The fourth-order valence-corrected chi connectivity index (χ4v) is 5.71. The molecule has 31 heavy (non-hydrogen) atoms. The fourth-order valence-electron chi connectivity index (χ4n) is 4.84. The first-order chi connectivity index (χ1) is 14.8. The van der Waals surface area contributed by atoms with Gasteiger partial charge in [-0.2, -0.15) is 4.98 Å². The van der Waals surface area contributed by atoms with Gasteiger partial charge in [-0.3, -0.25) is 9.36 Å². The van der Waals surface area contributed by atoms with Crippen LogP contribution in [0.25, 0.3) is 11.0 Å². The molecule has 1 saturated carbocycles. The standard InChI is InChI=1S/C21H31N5O4S/c1-14-5-4-6-18(14)26-19-15(11-16(13-30-2)20(26)27)12-22-21(24-19)23-17-7-9-25(10-8-17)31(3,28)29/h11-12,14,17-18H,4-10,13H2,1-3H3,(H,22,23,24)/t14-,18+/m1/s1. The van der Waals surface area contributed by atoms with E-state index >= 15 is 0 Å². The van der Waals surface area contributed by atoms with Crippen molar-refractivity contribution in [1.82, 2.24) is 18.8 Å². The normalized spacial score (nSPS) is 23.5. The quantitative estimate of drug-likeness (QED) is 0.720. The van der Waals surface area contributed by atoms with Crippen molar-refractivity contribution in [3.8, 4) is 0 Å². The number of nitrogens with zero attached hydrogens (tertiary/aromatic N) is 4. The molecule has 0 radical (unpaired) electrons. The minimum absolute atomic E-state index is 0.0424. The summed E-state index contributed by atoms with van der Waals surface area (Å²) in [5.41, 5.74) is 1.22. The third-order valence-corrected chi connectivity index (χ3v) is 7.85. The SMILES string of the molecule is COCc1cc2cnc(NC3CCN(S(C)(=O)=O)CC3)nc2n([C@H]2CCC[C@H]2C)c1=O. The Balaban J connectivity index is 1.65. The number of rotatable bonds is 6. The zero-order valence-electron chi connectivity index (χ0n) is 18.4. The second kappa shape index (κ2) is 8.84. The maximum atomic E-state index is 13.3. The summed E-state index contributed by atoms with van der Waals surface area (Å²) in [5, 5.41) is 4.17. The Morgan fingerprint density at radius 2 is 1.97 bits per heavy atom. The molecule has 0 aromatic carbocycles. The lowest BCUT2D eigenvalue weighted by Crippen LogP contribution is -2.42. The van der Waals surface area contributed by atoms with E-state index in [9.17, 15) is 13.2 Å². The number of anilines is 1. The number of pyridine rings is 1. The highest BCUT2D eigenvalue weighted by molar-refractivity contribution is 7.88. The number of aromatic nitrogens is 3. The summed E-state index contributed by atoms with van der Waals surface area (Å²) in [6.45, 7) is 3.41. The van der Waals surface area contributed by atoms with Crippen molar-refractivity contribution in [2.24, 2.45) is 5.92 Å². The summed E-state index contributed by atoms with van der Waals surface area (Å²) in [6.07, 6.45) is 7.54. The molecule has 9 nitrogen and oxygen atoms in total. The minimum Gasteiger partial charge on any atom is -0.380 e. The number of piperidine rings is 1. The summed E-state index contributed by atoms with van der Waals surface area (Å²) < 4.78 is 32.1. The van der Waals surface area contributed by atoms with Gasteiger partial charge in [-0.15, -0.1) is 0 Å². The van der Waals surface area contributed by atoms with Crippen LogP contribution in [-0.2, 0) is 21.4 Å². The second-order valence-corrected chi connectivity index (χ2v) is 10.8. The highest BCUT2D eigenvalue weighted by Crippen LogP contribution is 2.36. The third-order valence-electron chi connectivity index (χ3n) is 6.55. The topological polar surface area (TPSA) is 106 Å². The van der Waals surface area contributed by atoms with Crippen LogP contribution < -0.4 is 10.9 Å². The molecule has 1 saturated heterocycles. The van der Waals surface area contributed by atoms with Gasteiger partial charge in [0.2, 0.25) is 16.0 Å². The van der Waals surface area contributed by atoms with Crippen LogP contribution in [0.2, 0.25) is 0 Å². The molecule has 3 heterocycles. The van der Waals surface area contributed by atoms with E-state index in [1.807, 2.05) is 10.6 Å². The van der Waals surface area contributed by atoms with E-state index in [4.69, 9.17) is 9.72 Å². The molecule has 10 heteroatoms. The summed E-state index contributed by atoms with van der Waals surface area (Å²) in [4.78, 5) is 22.5. The van der Waals surface area contributed by atoms with E-state index in [1.165, 1.54) is 10.6 Å². The molecule has 1 aliphatic carbocycles. The Labute approximate surface area is 182 Å². The molecule has 1 aliphatic heterocycles. The first kappa shape index (κ1) is 22.2. The summed E-state index contributed by atoms with van der Waals surface area (Å²) >= 11 is 0. The molecule has 1 N–H and O–H groups in total. The van der Waals surface area contributed by atoms with Crippen molar-refractivity contribution in [2.75, 3.05) is 31.8 Å². The summed E-state index contributed by atoms with van der Waals surface area (Å²) in [7, 11) is -1.57. The van der Waals surface area contributed by atoms with Gasteiger partial charge in [0.05, 0.1) is 12.9 Å². The molecule has 2 fully saturated rings. The molecular formula is C21H31N5O4S. The van der Waals surface area contributed by atoms with Crippen LogP contribution in [0.3, 0.4) is 0 Å². The lowest BCUT2D eigenvalue weighted by Gasteiger charge is -2.30. The zero-order valence-corrected chi connectivity index (χ0v) is 19.2. The Hall–Kier alpha value is -2.04. The molecule has 0 spiro atoms. The first-order valence-electron chi connectivity index (χ1n) is 10.9. The smallest absolute Gasteiger partial charge is 0.258 e. The highest BCUT2D eigenvalue weighted by Gasteiger charge is 2.29. The molecule has 2 aromatic rings. The summed E-state index contributed by atoms with van der Waals surface area (Å²) in [5.74, 6) is 0.883. The molecule has 2 aliphatic rings. The number of sulfonamides is 1. The molecule has 170 valence electrons. The Kier molecular flexibility index (Phi) is 6.32. The molecule has 2 atom stereocenters. The number of hydrogen-bond acceptors (Lipinski definition) is 7. The van der Waals surface area contributed by atoms with Crippen molar-refractivity contribution in [1.29, 1.82) is 0 Å².